The molecule has 0 fully saturated rings. The molecule has 2 aromatic carbocycles. The second-order valence-corrected chi connectivity index (χ2v) is 11.8. The van der Waals surface area contributed by atoms with Crippen LogP contribution >= 0.6 is 12.2 Å². The predicted molar refractivity (Wildman–Crippen MR) is 173 cm³/mol. The average molecular weight is 535 g/mol. The van der Waals surface area contributed by atoms with Crippen LogP contribution < -0.4 is 4.74 Å². The summed E-state index contributed by atoms with van der Waals surface area (Å²) in [6.07, 6.45) is 25.6. The van der Waals surface area contributed by atoms with Crippen molar-refractivity contribution in [2.24, 2.45) is 5.92 Å². The quantitative estimate of drug-likeness (QED) is 0.0643. The number of allylic oxidation sites excluding steroid dienone is 1. The molecular formula is C36H54OS. The molecule has 38 heavy (non-hydrogen) atoms. The van der Waals surface area contributed by atoms with E-state index in [1.165, 1.54) is 95.5 Å². The molecule has 210 valence electrons. The van der Waals surface area contributed by atoms with Crippen molar-refractivity contribution >= 4 is 23.2 Å². The lowest BCUT2D eigenvalue weighted by Crippen LogP contribution is -1.97. The Labute approximate surface area is 240 Å². The number of unbranched alkanes of at least 4 members (excludes halogenated alkanes) is 12. The lowest BCUT2D eigenvalue weighted by Gasteiger charge is -2.07. The van der Waals surface area contributed by atoms with Crippen molar-refractivity contribution in [2.75, 3.05) is 6.61 Å². The minimum absolute atomic E-state index is 0.800. The third-order valence-electron chi connectivity index (χ3n) is 7.31. The largest absolute Gasteiger partial charge is 0.494 e. The van der Waals surface area contributed by atoms with E-state index in [1.54, 1.807) is 0 Å². The van der Waals surface area contributed by atoms with Gasteiger partial charge in [0, 0.05) is 4.86 Å². The van der Waals surface area contributed by atoms with Crippen LogP contribution in [0.15, 0.2) is 54.6 Å². The van der Waals surface area contributed by atoms with Gasteiger partial charge in [-0.3, -0.25) is 0 Å². The van der Waals surface area contributed by atoms with Crippen LogP contribution in [0.3, 0.4) is 0 Å². The molecule has 0 amide bonds. The number of aryl methyl sites for hydroxylation is 1. The van der Waals surface area contributed by atoms with Crippen molar-refractivity contribution in [1.82, 2.24) is 0 Å². The highest BCUT2D eigenvalue weighted by Gasteiger charge is 2.01. The molecule has 2 rings (SSSR count). The first kappa shape index (κ1) is 32.3. The van der Waals surface area contributed by atoms with Gasteiger partial charge in [0.05, 0.1) is 6.61 Å². The van der Waals surface area contributed by atoms with Crippen molar-refractivity contribution in [2.45, 2.75) is 124 Å². The summed E-state index contributed by atoms with van der Waals surface area (Å²) in [5.74, 6) is 1.76. The summed E-state index contributed by atoms with van der Waals surface area (Å²) < 4.78 is 5.96. The van der Waals surface area contributed by atoms with E-state index < -0.39 is 0 Å². The van der Waals surface area contributed by atoms with Gasteiger partial charge in [0.15, 0.2) is 0 Å². The van der Waals surface area contributed by atoms with Crippen molar-refractivity contribution in [3.63, 3.8) is 0 Å². The summed E-state index contributed by atoms with van der Waals surface area (Å²) in [6, 6.07) is 17.1. The summed E-state index contributed by atoms with van der Waals surface area (Å²) in [5, 5.41) is 0. The summed E-state index contributed by atoms with van der Waals surface area (Å²) in [7, 11) is 0. The molecule has 0 spiro atoms. The second-order valence-electron chi connectivity index (χ2n) is 11.3. The molecule has 2 aromatic rings. The molecule has 0 bridgehead atoms. The molecular weight excluding hydrogens is 480 g/mol. The molecule has 0 saturated heterocycles. The Bertz CT molecular complexity index is 879. The normalized spacial score (nSPS) is 11.5. The van der Waals surface area contributed by atoms with Gasteiger partial charge in [-0.05, 0) is 60.1 Å². The van der Waals surface area contributed by atoms with Crippen LogP contribution in [-0.2, 0) is 6.42 Å². The Balaban J connectivity index is 1.56. The standard InChI is InChI=1S/C36H54OS/c1-4-5-6-7-8-9-10-11-12-13-14-17-30-37-35-27-22-33(23-28-35)24-29-36(38)34-25-20-32(21-26-34)19-16-15-18-31(2)3/h20-29,31H,4-19,30H2,1-3H3. The minimum Gasteiger partial charge on any atom is -0.494 e. The van der Waals surface area contributed by atoms with E-state index in [-0.39, 0.29) is 0 Å². The monoisotopic (exact) mass is 534 g/mol. The molecule has 0 aliphatic heterocycles. The summed E-state index contributed by atoms with van der Waals surface area (Å²) in [4.78, 5) is 0.878. The van der Waals surface area contributed by atoms with Crippen LogP contribution in [0.5, 0.6) is 5.75 Å². The van der Waals surface area contributed by atoms with Crippen LogP contribution in [0.4, 0.5) is 0 Å². The summed E-state index contributed by atoms with van der Waals surface area (Å²) >= 11 is 5.65. The van der Waals surface area contributed by atoms with Crippen LogP contribution in [0, 0.1) is 5.92 Å². The molecule has 0 radical (unpaired) electrons. The Hall–Kier alpha value is -1.93. The topological polar surface area (TPSA) is 9.23 Å². The van der Waals surface area contributed by atoms with Gasteiger partial charge in [0.25, 0.3) is 0 Å². The van der Waals surface area contributed by atoms with Gasteiger partial charge in [-0.25, -0.2) is 0 Å². The summed E-state index contributed by atoms with van der Waals surface area (Å²) in [5.41, 5.74) is 3.67. The van der Waals surface area contributed by atoms with Gasteiger partial charge in [0.1, 0.15) is 5.75 Å². The van der Waals surface area contributed by atoms with E-state index in [0.29, 0.717) is 0 Å². The number of thiocarbonyl (C=S) groups is 1. The Kier molecular flexibility index (Phi) is 17.8. The first-order chi connectivity index (χ1) is 18.6. The van der Waals surface area contributed by atoms with Crippen molar-refractivity contribution in [1.29, 1.82) is 0 Å². The van der Waals surface area contributed by atoms with Crippen LogP contribution in [0.2, 0.25) is 0 Å². The second kappa shape index (κ2) is 21.0. The fourth-order valence-corrected chi connectivity index (χ4v) is 5.00. The highest BCUT2D eigenvalue weighted by Crippen LogP contribution is 2.17. The lowest BCUT2D eigenvalue weighted by molar-refractivity contribution is 0.304. The molecule has 1 nitrogen and oxygen atoms in total. The maximum Gasteiger partial charge on any atom is 0.119 e. The molecule has 2 heteroatoms. The number of ether oxygens (including phenoxy) is 1. The van der Waals surface area contributed by atoms with Crippen LogP contribution in [-0.4, -0.2) is 11.5 Å². The molecule has 0 aromatic heterocycles. The predicted octanol–water partition coefficient (Wildman–Crippen LogP) is 11.6. The number of rotatable bonds is 22. The van der Waals surface area contributed by atoms with Crippen LogP contribution in [0.25, 0.3) is 6.08 Å². The third kappa shape index (κ3) is 15.5. The first-order valence-electron chi connectivity index (χ1n) is 15.6. The molecule has 0 unspecified atom stereocenters. The molecule has 0 N–H and O–H groups in total. The zero-order valence-corrected chi connectivity index (χ0v) is 25.5. The molecule has 0 aliphatic carbocycles. The van der Waals surface area contributed by atoms with Crippen molar-refractivity contribution in [3.8, 4) is 5.75 Å². The average Bonchev–Trinajstić information content (AvgIpc) is 2.93. The Morgan fingerprint density at radius 1 is 0.711 bits per heavy atom. The maximum absolute atomic E-state index is 5.96. The number of benzene rings is 2. The van der Waals surface area contributed by atoms with Crippen molar-refractivity contribution < 1.29 is 4.74 Å². The number of hydrogen-bond donors (Lipinski definition) is 0. The van der Waals surface area contributed by atoms with Gasteiger partial charge >= 0.3 is 0 Å². The Morgan fingerprint density at radius 3 is 1.87 bits per heavy atom. The molecule has 0 heterocycles. The van der Waals surface area contributed by atoms with E-state index in [0.717, 1.165) is 47.1 Å². The van der Waals surface area contributed by atoms with Gasteiger partial charge in [-0.15, -0.1) is 0 Å². The van der Waals surface area contributed by atoms with Gasteiger partial charge < -0.3 is 4.74 Å². The smallest absolute Gasteiger partial charge is 0.119 e. The molecule has 0 atom stereocenters. The first-order valence-corrected chi connectivity index (χ1v) is 16.0. The van der Waals surface area contributed by atoms with E-state index in [2.05, 4.69) is 75.4 Å². The van der Waals surface area contributed by atoms with Gasteiger partial charge in [-0.1, -0.05) is 159 Å². The third-order valence-corrected chi connectivity index (χ3v) is 7.68. The van der Waals surface area contributed by atoms with Crippen LogP contribution in [0.1, 0.15) is 134 Å². The summed E-state index contributed by atoms with van der Waals surface area (Å²) in [6.45, 7) is 7.69. The lowest BCUT2D eigenvalue weighted by atomic mass is 10.0. The van der Waals surface area contributed by atoms with Gasteiger partial charge in [-0.2, -0.15) is 0 Å². The minimum atomic E-state index is 0.800. The van der Waals surface area contributed by atoms with E-state index in [4.69, 9.17) is 17.0 Å². The van der Waals surface area contributed by atoms with Crippen molar-refractivity contribution in [3.05, 3.63) is 71.3 Å². The molecule has 0 aliphatic rings. The zero-order valence-electron chi connectivity index (χ0n) is 24.7. The van der Waals surface area contributed by atoms with Gasteiger partial charge in [0.2, 0.25) is 0 Å². The molecule has 0 saturated carbocycles. The fraction of sp³-hybridized carbons (Fsp3) is 0.583. The highest BCUT2D eigenvalue weighted by atomic mass is 32.1. The Morgan fingerprint density at radius 2 is 1.29 bits per heavy atom. The fourth-order valence-electron chi connectivity index (χ4n) is 4.79. The van der Waals surface area contributed by atoms with E-state index in [9.17, 15) is 0 Å². The van der Waals surface area contributed by atoms with E-state index >= 15 is 0 Å². The number of hydrogen-bond acceptors (Lipinski definition) is 2. The highest BCUT2D eigenvalue weighted by molar-refractivity contribution is 7.81. The zero-order chi connectivity index (χ0) is 27.3. The SMILES string of the molecule is CCCCCCCCCCCCCCOc1ccc(C=CC(=S)c2ccc(CCCCC(C)C)cc2)cc1. The van der Waals surface area contributed by atoms with E-state index in [1.807, 2.05) is 6.08 Å². The maximum atomic E-state index is 5.96.